The summed E-state index contributed by atoms with van der Waals surface area (Å²) >= 11 is 3.16. The molecule has 0 N–H and O–H groups in total. The van der Waals surface area contributed by atoms with E-state index in [4.69, 9.17) is 9.36 Å². The van der Waals surface area contributed by atoms with Crippen LogP contribution in [0.15, 0.2) is 98.0 Å². The SMILES string of the molecule is CS/C(N=S(c1ccccc1)c1ccccc1)=N\c1nc2ccc(C)cc2s1. The number of aryl methyl sites for hydroxylation is 1. The van der Waals surface area contributed by atoms with Crippen LogP contribution in [0.1, 0.15) is 5.56 Å². The van der Waals surface area contributed by atoms with Crippen molar-refractivity contribution in [1.29, 1.82) is 0 Å². The van der Waals surface area contributed by atoms with Crippen molar-refractivity contribution in [1.82, 2.24) is 4.98 Å². The Bertz CT molecular complexity index is 1110. The minimum atomic E-state index is -0.426. The Kier molecular flexibility index (Phi) is 6.00. The van der Waals surface area contributed by atoms with Gasteiger partial charge in [0.2, 0.25) is 5.13 Å². The second kappa shape index (κ2) is 8.82. The van der Waals surface area contributed by atoms with Gasteiger partial charge in [0, 0.05) is 9.79 Å². The first kappa shape index (κ1) is 19.1. The molecule has 3 aromatic carbocycles. The molecule has 28 heavy (non-hydrogen) atoms. The van der Waals surface area contributed by atoms with Crippen LogP contribution in [-0.4, -0.2) is 16.4 Å². The monoisotopic (exact) mass is 421 g/mol. The van der Waals surface area contributed by atoms with E-state index in [9.17, 15) is 0 Å². The van der Waals surface area contributed by atoms with Gasteiger partial charge in [-0.05, 0) is 65.8 Å². The van der Waals surface area contributed by atoms with E-state index in [-0.39, 0.29) is 0 Å². The van der Waals surface area contributed by atoms with Gasteiger partial charge in [0.25, 0.3) is 0 Å². The van der Waals surface area contributed by atoms with E-state index in [1.54, 1.807) is 23.1 Å². The second-order valence-electron chi connectivity index (χ2n) is 6.07. The third-order valence-electron chi connectivity index (χ3n) is 4.01. The first-order chi connectivity index (χ1) is 13.7. The van der Waals surface area contributed by atoms with Gasteiger partial charge in [-0.2, -0.15) is 9.36 Å². The van der Waals surface area contributed by atoms with E-state index in [0.717, 1.165) is 20.5 Å². The van der Waals surface area contributed by atoms with Crippen LogP contribution in [0.5, 0.6) is 0 Å². The van der Waals surface area contributed by atoms with Gasteiger partial charge in [0.05, 0.1) is 10.2 Å². The minimum Gasteiger partial charge on any atom is -0.218 e. The van der Waals surface area contributed by atoms with Crippen molar-refractivity contribution < 1.29 is 0 Å². The summed E-state index contributed by atoms with van der Waals surface area (Å²) in [6, 6.07) is 27.1. The van der Waals surface area contributed by atoms with Crippen molar-refractivity contribution in [3.63, 3.8) is 0 Å². The van der Waals surface area contributed by atoms with Crippen LogP contribution in [0, 0.1) is 6.92 Å². The van der Waals surface area contributed by atoms with E-state index < -0.39 is 10.7 Å². The molecule has 0 fully saturated rings. The third-order valence-corrected chi connectivity index (χ3v) is 7.38. The number of benzene rings is 3. The first-order valence-corrected chi connectivity index (χ1v) is 12.0. The molecule has 3 nitrogen and oxygen atoms in total. The topological polar surface area (TPSA) is 37.6 Å². The van der Waals surface area contributed by atoms with Crippen molar-refractivity contribution in [3.05, 3.63) is 84.4 Å². The molecule has 0 amide bonds. The molecule has 140 valence electrons. The summed E-state index contributed by atoms with van der Waals surface area (Å²) in [4.78, 5) is 11.8. The van der Waals surface area contributed by atoms with Crippen molar-refractivity contribution in [2.75, 3.05) is 6.26 Å². The van der Waals surface area contributed by atoms with Gasteiger partial charge in [-0.1, -0.05) is 65.6 Å². The Hall–Kier alpha value is -2.28. The molecular formula is C22H19N3S3. The van der Waals surface area contributed by atoms with E-state index in [1.165, 1.54) is 15.4 Å². The molecule has 0 aliphatic carbocycles. The van der Waals surface area contributed by atoms with Crippen LogP contribution >= 0.6 is 23.1 Å². The molecular weight excluding hydrogens is 402 g/mol. The maximum Gasteiger partial charge on any atom is 0.212 e. The van der Waals surface area contributed by atoms with Crippen LogP contribution in [-0.2, 0) is 10.7 Å². The van der Waals surface area contributed by atoms with Crippen molar-refractivity contribution in [2.45, 2.75) is 16.7 Å². The molecule has 0 radical (unpaired) electrons. The maximum absolute atomic E-state index is 5.03. The minimum absolute atomic E-state index is 0.426. The number of amidine groups is 1. The van der Waals surface area contributed by atoms with E-state index in [1.807, 2.05) is 18.4 Å². The standard InChI is InChI=1S/C22H19N3S3/c1-16-13-14-19-20(15-16)27-21(23-19)24-22(26-2)25-28(17-9-5-3-6-10-17)18-11-7-4-8-12-18/h3-15H,1-2H3/b24-22-. The van der Waals surface area contributed by atoms with Gasteiger partial charge >= 0.3 is 0 Å². The summed E-state index contributed by atoms with van der Waals surface area (Å²) in [7, 11) is -0.426. The number of hydrogen-bond acceptors (Lipinski definition) is 4. The van der Waals surface area contributed by atoms with Crippen LogP contribution in [0.2, 0.25) is 0 Å². The zero-order valence-electron chi connectivity index (χ0n) is 15.6. The molecule has 4 rings (SSSR count). The highest BCUT2D eigenvalue weighted by molar-refractivity contribution is 8.13. The number of fused-ring (bicyclic) bond motifs is 1. The largest absolute Gasteiger partial charge is 0.218 e. The number of aliphatic imine (C=N–C) groups is 1. The molecule has 0 unspecified atom stereocenters. The molecule has 0 atom stereocenters. The predicted molar refractivity (Wildman–Crippen MR) is 124 cm³/mol. The fourth-order valence-electron chi connectivity index (χ4n) is 2.67. The van der Waals surface area contributed by atoms with Crippen molar-refractivity contribution in [3.8, 4) is 0 Å². The van der Waals surface area contributed by atoms with Gasteiger partial charge < -0.3 is 0 Å². The molecule has 0 bridgehead atoms. The number of aromatic nitrogens is 1. The fourth-order valence-corrected chi connectivity index (χ4v) is 5.87. The second-order valence-corrected chi connectivity index (χ2v) is 9.55. The maximum atomic E-state index is 5.03. The highest BCUT2D eigenvalue weighted by Crippen LogP contribution is 2.30. The molecule has 1 heterocycles. The number of thioether (sulfide) groups is 1. The Labute approximate surface area is 175 Å². The van der Waals surface area contributed by atoms with Crippen molar-refractivity contribution in [2.24, 2.45) is 9.36 Å². The zero-order chi connectivity index (χ0) is 19.3. The van der Waals surface area contributed by atoms with Gasteiger partial charge in [-0.3, -0.25) is 0 Å². The third kappa shape index (κ3) is 4.41. The van der Waals surface area contributed by atoms with Crippen LogP contribution in [0.4, 0.5) is 5.13 Å². The Morgan fingerprint density at radius 3 is 2.18 bits per heavy atom. The smallest absolute Gasteiger partial charge is 0.212 e. The van der Waals surface area contributed by atoms with Crippen molar-refractivity contribution >= 4 is 54.3 Å². The van der Waals surface area contributed by atoms with E-state index in [2.05, 4.69) is 78.6 Å². The highest BCUT2D eigenvalue weighted by Gasteiger charge is 2.09. The number of hydrogen-bond donors (Lipinski definition) is 0. The lowest BCUT2D eigenvalue weighted by molar-refractivity contribution is 1.37. The van der Waals surface area contributed by atoms with Crippen LogP contribution < -0.4 is 0 Å². The molecule has 4 aromatic rings. The molecule has 0 aliphatic rings. The lowest BCUT2D eigenvalue weighted by Crippen LogP contribution is -1.97. The number of rotatable bonds is 3. The highest BCUT2D eigenvalue weighted by atomic mass is 32.2. The molecule has 1 aromatic heterocycles. The predicted octanol–water partition coefficient (Wildman–Crippen LogP) is 6.88. The zero-order valence-corrected chi connectivity index (χ0v) is 18.0. The molecule has 0 spiro atoms. The molecule has 0 aliphatic heterocycles. The summed E-state index contributed by atoms with van der Waals surface area (Å²) in [6.45, 7) is 2.09. The Morgan fingerprint density at radius 1 is 0.929 bits per heavy atom. The Morgan fingerprint density at radius 2 is 1.57 bits per heavy atom. The lowest BCUT2D eigenvalue weighted by Gasteiger charge is -2.09. The van der Waals surface area contributed by atoms with Gasteiger partial charge in [0.1, 0.15) is 0 Å². The number of thiazole rings is 1. The quantitative estimate of drug-likeness (QED) is 0.267. The molecule has 0 saturated carbocycles. The van der Waals surface area contributed by atoms with Gasteiger partial charge in [0.15, 0.2) is 5.17 Å². The summed E-state index contributed by atoms with van der Waals surface area (Å²) < 4.78 is 6.18. The van der Waals surface area contributed by atoms with E-state index >= 15 is 0 Å². The molecule has 0 saturated heterocycles. The van der Waals surface area contributed by atoms with Gasteiger partial charge in [-0.15, -0.1) is 0 Å². The number of nitrogens with zero attached hydrogens (tertiary/aromatic N) is 3. The average Bonchev–Trinajstić information content (AvgIpc) is 3.13. The summed E-state index contributed by atoms with van der Waals surface area (Å²) in [5.74, 6) is 0. The fraction of sp³-hybridized carbons (Fsp3) is 0.0909. The van der Waals surface area contributed by atoms with Gasteiger partial charge in [-0.25, -0.2) is 4.98 Å². The van der Waals surface area contributed by atoms with Crippen LogP contribution in [0.3, 0.4) is 0 Å². The van der Waals surface area contributed by atoms with E-state index in [0.29, 0.717) is 0 Å². The van der Waals surface area contributed by atoms with Crippen LogP contribution in [0.25, 0.3) is 10.2 Å². The summed E-state index contributed by atoms with van der Waals surface area (Å²) in [6.07, 6.45) is 2.01. The molecule has 6 heteroatoms. The average molecular weight is 422 g/mol. The summed E-state index contributed by atoms with van der Waals surface area (Å²) in [5, 5.41) is 1.49. The normalized spacial score (nSPS) is 11.9. The summed E-state index contributed by atoms with van der Waals surface area (Å²) in [5.41, 5.74) is 2.22. The lowest BCUT2D eigenvalue weighted by atomic mass is 10.2. The Balaban J connectivity index is 1.79. The first-order valence-electron chi connectivity index (χ1n) is 8.79.